The van der Waals surface area contributed by atoms with E-state index in [-0.39, 0.29) is 4.90 Å². The highest BCUT2D eigenvalue weighted by Gasteiger charge is 2.29. The van der Waals surface area contributed by atoms with Crippen LogP contribution in [0.3, 0.4) is 0 Å². The summed E-state index contributed by atoms with van der Waals surface area (Å²) in [5.41, 5.74) is 0.399. The predicted octanol–water partition coefficient (Wildman–Crippen LogP) is 4.41. The van der Waals surface area contributed by atoms with E-state index in [2.05, 4.69) is 4.98 Å². The van der Waals surface area contributed by atoms with Crippen LogP contribution in [0.25, 0.3) is 10.9 Å². The fourth-order valence-corrected chi connectivity index (χ4v) is 4.13. The van der Waals surface area contributed by atoms with Crippen LogP contribution in [0.1, 0.15) is 36.3 Å². The molecule has 126 valence electrons. The standard InChI is InChI=1S/C18H18ClNO3S/c1-11(2)12-3-6-14(7-4-12)24(22,23)18(21)16-10-20-17-8-5-13(19)9-15(16)17/h3-11,18,20-21H,1-2H3. The van der Waals surface area contributed by atoms with Gasteiger partial charge in [-0.15, -0.1) is 0 Å². The fourth-order valence-electron chi connectivity index (χ4n) is 2.66. The summed E-state index contributed by atoms with van der Waals surface area (Å²) in [6.45, 7) is 4.07. The van der Waals surface area contributed by atoms with E-state index in [1.807, 2.05) is 13.8 Å². The lowest BCUT2D eigenvalue weighted by Crippen LogP contribution is -2.13. The third-order valence-corrected chi connectivity index (χ3v) is 6.12. The number of fused-ring (bicyclic) bond motifs is 1. The molecule has 3 aromatic rings. The Bertz CT molecular complexity index is 975. The monoisotopic (exact) mass is 363 g/mol. The summed E-state index contributed by atoms with van der Waals surface area (Å²) in [7, 11) is -3.92. The summed E-state index contributed by atoms with van der Waals surface area (Å²) in [4.78, 5) is 3.05. The number of aliphatic hydroxyl groups excluding tert-OH is 1. The largest absolute Gasteiger partial charge is 0.373 e. The Balaban J connectivity index is 2.03. The Morgan fingerprint density at radius 3 is 2.38 bits per heavy atom. The number of H-pyrrole nitrogens is 1. The van der Waals surface area contributed by atoms with Gasteiger partial charge in [0.1, 0.15) is 0 Å². The first-order valence-electron chi connectivity index (χ1n) is 7.59. The van der Waals surface area contributed by atoms with Gasteiger partial charge in [0, 0.05) is 27.7 Å². The second-order valence-corrected chi connectivity index (χ2v) is 8.50. The predicted molar refractivity (Wildman–Crippen MR) is 96.0 cm³/mol. The zero-order chi connectivity index (χ0) is 17.5. The number of halogens is 1. The van der Waals surface area contributed by atoms with Gasteiger partial charge < -0.3 is 10.1 Å². The summed E-state index contributed by atoms with van der Waals surface area (Å²) < 4.78 is 25.5. The van der Waals surface area contributed by atoms with Gasteiger partial charge >= 0.3 is 0 Å². The molecule has 0 saturated carbocycles. The molecular formula is C18H18ClNO3S. The van der Waals surface area contributed by atoms with Crippen LogP contribution in [0, 0.1) is 0 Å². The molecule has 1 atom stereocenters. The van der Waals surface area contributed by atoms with E-state index in [1.54, 1.807) is 30.3 Å². The molecule has 0 amide bonds. The number of rotatable bonds is 4. The maximum absolute atomic E-state index is 12.7. The van der Waals surface area contributed by atoms with Crippen LogP contribution < -0.4 is 0 Å². The SMILES string of the molecule is CC(C)c1ccc(S(=O)(=O)C(O)c2c[nH]c3ccc(Cl)cc23)cc1. The Morgan fingerprint density at radius 1 is 1.08 bits per heavy atom. The summed E-state index contributed by atoms with van der Waals surface area (Å²) in [5.74, 6) is 0.308. The highest BCUT2D eigenvalue weighted by molar-refractivity contribution is 7.91. The van der Waals surface area contributed by atoms with Gasteiger partial charge in [-0.05, 0) is 41.8 Å². The van der Waals surface area contributed by atoms with Gasteiger partial charge in [-0.3, -0.25) is 0 Å². The van der Waals surface area contributed by atoms with Crippen molar-refractivity contribution in [1.29, 1.82) is 0 Å². The van der Waals surface area contributed by atoms with Crippen LogP contribution in [0.4, 0.5) is 0 Å². The van der Waals surface area contributed by atoms with E-state index in [4.69, 9.17) is 11.6 Å². The van der Waals surface area contributed by atoms with Crippen LogP contribution in [0.15, 0.2) is 53.6 Å². The molecule has 0 fully saturated rings. The second kappa shape index (κ2) is 6.24. The van der Waals surface area contributed by atoms with Crippen molar-refractivity contribution in [3.05, 3.63) is 64.8 Å². The molecule has 2 N–H and O–H groups in total. The topological polar surface area (TPSA) is 70.2 Å². The van der Waals surface area contributed by atoms with Crippen molar-refractivity contribution in [1.82, 2.24) is 4.98 Å². The second-order valence-electron chi connectivity index (χ2n) is 6.06. The van der Waals surface area contributed by atoms with E-state index in [0.29, 0.717) is 21.9 Å². The Hall–Kier alpha value is -1.82. The molecule has 3 rings (SSSR count). The molecule has 0 radical (unpaired) electrons. The van der Waals surface area contributed by atoms with Crippen molar-refractivity contribution >= 4 is 32.3 Å². The van der Waals surface area contributed by atoms with E-state index >= 15 is 0 Å². The van der Waals surface area contributed by atoms with Gasteiger partial charge in [0.05, 0.1) is 4.90 Å². The average Bonchev–Trinajstić information content (AvgIpc) is 2.97. The third-order valence-electron chi connectivity index (χ3n) is 4.11. The molecule has 2 aromatic carbocycles. The summed E-state index contributed by atoms with van der Waals surface area (Å²) in [6.07, 6.45) is 1.51. The molecule has 0 spiro atoms. The lowest BCUT2D eigenvalue weighted by atomic mass is 10.0. The first-order chi connectivity index (χ1) is 11.3. The zero-order valence-electron chi connectivity index (χ0n) is 13.3. The van der Waals surface area contributed by atoms with Crippen LogP contribution in [-0.4, -0.2) is 18.5 Å². The molecule has 0 bridgehead atoms. The number of benzene rings is 2. The molecule has 0 aliphatic rings. The first-order valence-corrected chi connectivity index (χ1v) is 9.51. The molecule has 6 heteroatoms. The maximum Gasteiger partial charge on any atom is 0.209 e. The Kier molecular flexibility index (Phi) is 4.42. The van der Waals surface area contributed by atoms with Gasteiger partial charge in [0.25, 0.3) is 0 Å². The van der Waals surface area contributed by atoms with Crippen molar-refractivity contribution in [2.24, 2.45) is 0 Å². The molecule has 0 aliphatic carbocycles. The van der Waals surface area contributed by atoms with Crippen LogP contribution in [0.2, 0.25) is 5.02 Å². The number of hydrogen-bond acceptors (Lipinski definition) is 3. The van der Waals surface area contributed by atoms with Gasteiger partial charge in [0.15, 0.2) is 5.44 Å². The van der Waals surface area contributed by atoms with Crippen molar-refractivity contribution in [2.45, 2.75) is 30.1 Å². The average molecular weight is 364 g/mol. The van der Waals surface area contributed by atoms with Crippen molar-refractivity contribution < 1.29 is 13.5 Å². The molecule has 24 heavy (non-hydrogen) atoms. The van der Waals surface area contributed by atoms with Crippen LogP contribution >= 0.6 is 11.6 Å². The highest BCUT2D eigenvalue weighted by Crippen LogP contribution is 2.33. The molecule has 1 unspecified atom stereocenters. The number of hydrogen-bond donors (Lipinski definition) is 2. The van der Waals surface area contributed by atoms with Gasteiger partial charge in [-0.1, -0.05) is 37.6 Å². The minimum absolute atomic E-state index is 0.0933. The number of aromatic nitrogens is 1. The molecule has 1 aromatic heterocycles. The summed E-state index contributed by atoms with van der Waals surface area (Å²) >= 11 is 5.99. The number of sulfone groups is 1. The smallest absolute Gasteiger partial charge is 0.209 e. The normalized spacial score (nSPS) is 13.5. The van der Waals surface area contributed by atoms with Gasteiger partial charge in [-0.25, -0.2) is 8.42 Å². The maximum atomic E-state index is 12.7. The van der Waals surface area contributed by atoms with E-state index in [1.165, 1.54) is 18.3 Å². The highest BCUT2D eigenvalue weighted by atomic mass is 35.5. The minimum atomic E-state index is -3.92. The molecule has 0 saturated heterocycles. The third kappa shape index (κ3) is 2.95. The number of aliphatic hydroxyl groups is 1. The number of aromatic amines is 1. The van der Waals surface area contributed by atoms with E-state index < -0.39 is 15.3 Å². The Labute approximate surface area is 146 Å². The fraction of sp³-hybridized carbons (Fsp3) is 0.222. The van der Waals surface area contributed by atoms with Crippen molar-refractivity contribution in [3.63, 3.8) is 0 Å². The van der Waals surface area contributed by atoms with Crippen molar-refractivity contribution in [3.8, 4) is 0 Å². The minimum Gasteiger partial charge on any atom is -0.373 e. The lowest BCUT2D eigenvalue weighted by molar-refractivity contribution is 0.256. The molecule has 4 nitrogen and oxygen atoms in total. The van der Waals surface area contributed by atoms with Crippen molar-refractivity contribution in [2.75, 3.05) is 0 Å². The van der Waals surface area contributed by atoms with Gasteiger partial charge in [-0.2, -0.15) is 0 Å². The summed E-state index contributed by atoms with van der Waals surface area (Å²) in [6, 6.07) is 11.7. The van der Waals surface area contributed by atoms with Crippen LogP contribution in [0.5, 0.6) is 0 Å². The lowest BCUT2D eigenvalue weighted by Gasteiger charge is -2.13. The van der Waals surface area contributed by atoms with Crippen LogP contribution in [-0.2, 0) is 9.84 Å². The first kappa shape index (κ1) is 17.0. The quantitative estimate of drug-likeness (QED) is 0.721. The van der Waals surface area contributed by atoms with Gasteiger partial charge in [0.2, 0.25) is 9.84 Å². The summed E-state index contributed by atoms with van der Waals surface area (Å²) in [5, 5.41) is 11.6. The zero-order valence-corrected chi connectivity index (χ0v) is 14.9. The number of nitrogens with one attached hydrogen (secondary N) is 1. The molecule has 1 heterocycles. The van der Waals surface area contributed by atoms with E-state index in [9.17, 15) is 13.5 Å². The molecule has 0 aliphatic heterocycles. The molecular weight excluding hydrogens is 346 g/mol. The van der Waals surface area contributed by atoms with E-state index in [0.717, 1.165) is 11.1 Å². The Morgan fingerprint density at radius 2 is 1.75 bits per heavy atom.